The number of nitrogens with zero attached hydrogens (tertiary/aromatic N) is 1. The van der Waals surface area contributed by atoms with Crippen molar-refractivity contribution < 1.29 is 4.57 Å². The van der Waals surface area contributed by atoms with Gasteiger partial charge in [0, 0.05) is 0 Å². The third-order valence-electron chi connectivity index (χ3n) is 2.44. The molecule has 1 heterocycles. The van der Waals surface area contributed by atoms with Crippen LogP contribution in [-0.4, -0.2) is 18.4 Å². The van der Waals surface area contributed by atoms with Gasteiger partial charge in [-0.05, 0) is 0 Å². The quantitative estimate of drug-likeness (QED) is 0.594. The van der Waals surface area contributed by atoms with Crippen LogP contribution in [0, 0.1) is 0 Å². The van der Waals surface area contributed by atoms with Gasteiger partial charge in [-0.25, -0.2) is 0 Å². The van der Waals surface area contributed by atoms with Crippen molar-refractivity contribution in [1.82, 2.24) is 0 Å². The van der Waals surface area contributed by atoms with Gasteiger partial charge in [0.25, 0.3) is 0 Å². The molecule has 1 nitrogen and oxygen atoms in total. The zero-order valence-electron chi connectivity index (χ0n) is 9.88. The Morgan fingerprint density at radius 1 is 1.14 bits per heavy atom. The van der Waals surface area contributed by atoms with Crippen molar-refractivity contribution in [3.05, 3.63) is 30.1 Å². The minimum atomic E-state index is -1.49. The van der Waals surface area contributed by atoms with E-state index in [2.05, 4.69) is 51.0 Å². The second-order valence-electron chi connectivity index (χ2n) is 5.29. The zero-order chi connectivity index (χ0) is 10.6. The maximum atomic E-state index is 2.51. The Bertz CT molecular complexity index is 271. The van der Waals surface area contributed by atoms with Crippen LogP contribution in [0.1, 0.15) is 12.0 Å². The molecule has 0 aliphatic heterocycles. The van der Waals surface area contributed by atoms with Crippen LogP contribution >= 0.6 is 0 Å². The van der Waals surface area contributed by atoms with E-state index in [1.165, 1.54) is 22.8 Å². The van der Waals surface area contributed by atoms with Gasteiger partial charge in [0.2, 0.25) is 0 Å². The fourth-order valence-electron chi connectivity index (χ4n) is 1.52. The first-order chi connectivity index (χ1) is 6.47. The molecule has 78 valence electrons. The van der Waals surface area contributed by atoms with Crippen LogP contribution in [-0.2, 0) is 13.5 Å². The Morgan fingerprint density at radius 2 is 1.71 bits per heavy atom. The molecular formula is C12H22NSn+. The molecule has 0 aliphatic rings. The molecule has 1 rings (SSSR count). The van der Waals surface area contributed by atoms with Gasteiger partial charge in [0.1, 0.15) is 0 Å². The average molecular weight is 299 g/mol. The predicted molar refractivity (Wildman–Crippen MR) is 64.1 cm³/mol. The number of aromatic nitrogens is 1. The van der Waals surface area contributed by atoms with E-state index >= 15 is 0 Å². The summed E-state index contributed by atoms with van der Waals surface area (Å²) in [6.45, 7) is 0. The molecule has 14 heavy (non-hydrogen) atoms. The molecule has 2 heteroatoms. The molecule has 0 radical (unpaired) electrons. The second kappa shape index (κ2) is 5.15. The molecule has 0 fully saturated rings. The summed E-state index contributed by atoms with van der Waals surface area (Å²) in [5.41, 5.74) is 1.48. The number of hydrogen-bond acceptors (Lipinski definition) is 0. The molecule has 0 spiro atoms. The van der Waals surface area contributed by atoms with Crippen molar-refractivity contribution in [2.24, 2.45) is 7.05 Å². The molecule has 0 aliphatic carbocycles. The summed E-state index contributed by atoms with van der Waals surface area (Å²) in [5.74, 6) is 0. The Hall–Kier alpha value is -0.0513. The van der Waals surface area contributed by atoms with Crippen molar-refractivity contribution in [2.75, 3.05) is 0 Å². The Kier molecular flexibility index (Phi) is 4.42. The van der Waals surface area contributed by atoms with Gasteiger partial charge >= 0.3 is 92.2 Å². The fourth-order valence-corrected chi connectivity index (χ4v) is 5.05. The van der Waals surface area contributed by atoms with Crippen LogP contribution in [0.25, 0.3) is 0 Å². The van der Waals surface area contributed by atoms with E-state index in [1.54, 1.807) is 0 Å². The molecule has 0 saturated heterocycles. The van der Waals surface area contributed by atoms with Crippen molar-refractivity contribution in [3.63, 3.8) is 0 Å². The number of aryl methyl sites for hydroxylation is 2. The normalized spacial score (nSPS) is 11.7. The van der Waals surface area contributed by atoms with E-state index in [1.807, 2.05) is 0 Å². The predicted octanol–water partition coefficient (Wildman–Crippen LogP) is 2.78. The van der Waals surface area contributed by atoms with Crippen molar-refractivity contribution in [1.29, 1.82) is 0 Å². The minimum absolute atomic E-state index is 1.26. The summed E-state index contributed by atoms with van der Waals surface area (Å²) in [6, 6.07) is 4.47. The van der Waals surface area contributed by atoms with E-state index in [-0.39, 0.29) is 0 Å². The Morgan fingerprint density at radius 3 is 2.21 bits per heavy atom. The van der Waals surface area contributed by atoms with E-state index in [9.17, 15) is 0 Å². The third-order valence-corrected chi connectivity index (χ3v) is 7.73. The van der Waals surface area contributed by atoms with Crippen molar-refractivity contribution >= 4 is 18.4 Å². The SMILES string of the molecule is C[n+]1ccc(CC[CH2][Sn]([CH3])([CH3])[CH3])cc1. The molecule has 1 aromatic heterocycles. The Balaban J connectivity index is 2.35. The van der Waals surface area contributed by atoms with E-state index < -0.39 is 18.4 Å². The van der Waals surface area contributed by atoms with E-state index in [0.717, 1.165) is 0 Å². The van der Waals surface area contributed by atoms with Crippen LogP contribution in [0.3, 0.4) is 0 Å². The van der Waals surface area contributed by atoms with Crippen LogP contribution < -0.4 is 4.57 Å². The number of rotatable bonds is 4. The van der Waals surface area contributed by atoms with Gasteiger partial charge in [-0.2, -0.15) is 0 Å². The monoisotopic (exact) mass is 300 g/mol. The van der Waals surface area contributed by atoms with Gasteiger partial charge in [-0.3, -0.25) is 0 Å². The first-order valence-electron chi connectivity index (χ1n) is 5.41. The van der Waals surface area contributed by atoms with Crippen LogP contribution in [0.2, 0.25) is 19.3 Å². The van der Waals surface area contributed by atoms with Gasteiger partial charge in [-0.1, -0.05) is 0 Å². The number of pyridine rings is 1. The molecular weight excluding hydrogens is 277 g/mol. The first kappa shape index (κ1) is 12.0. The second-order valence-corrected chi connectivity index (χ2v) is 21.3. The van der Waals surface area contributed by atoms with Gasteiger partial charge in [0.05, 0.1) is 0 Å². The summed E-state index contributed by atoms with van der Waals surface area (Å²) in [4.78, 5) is 7.54. The van der Waals surface area contributed by atoms with Gasteiger partial charge < -0.3 is 0 Å². The van der Waals surface area contributed by atoms with Crippen molar-refractivity contribution in [2.45, 2.75) is 32.1 Å². The molecule has 0 N–H and O–H groups in total. The van der Waals surface area contributed by atoms with Crippen LogP contribution in [0.15, 0.2) is 24.5 Å². The summed E-state index contributed by atoms with van der Waals surface area (Å²) in [6.07, 6.45) is 6.91. The van der Waals surface area contributed by atoms with Crippen LogP contribution in [0.5, 0.6) is 0 Å². The third kappa shape index (κ3) is 4.99. The zero-order valence-corrected chi connectivity index (χ0v) is 12.7. The standard InChI is InChI=1S/C9H13N.3CH3.Sn/c1-3-4-9-5-7-10(2)8-6-9;;;;/h5-8H,1,3-4H2,2H3;3*1H3;/q+1;;;;. The van der Waals surface area contributed by atoms with E-state index in [4.69, 9.17) is 0 Å². The molecule has 0 aromatic carbocycles. The molecule has 0 amide bonds. The average Bonchev–Trinajstić information content (AvgIpc) is 2.06. The maximum absolute atomic E-state index is 2.51. The summed E-state index contributed by atoms with van der Waals surface area (Å²) < 4.78 is 3.60. The molecule has 0 saturated carbocycles. The topological polar surface area (TPSA) is 3.88 Å². The molecule has 1 aromatic rings. The van der Waals surface area contributed by atoms with Gasteiger partial charge in [0.15, 0.2) is 0 Å². The fraction of sp³-hybridized carbons (Fsp3) is 0.583. The number of hydrogen-bond donors (Lipinski definition) is 0. The Labute approximate surface area is 92.0 Å². The summed E-state index contributed by atoms with van der Waals surface area (Å²) >= 11 is -1.49. The van der Waals surface area contributed by atoms with Crippen LogP contribution in [0.4, 0.5) is 0 Å². The van der Waals surface area contributed by atoms with Gasteiger partial charge in [-0.15, -0.1) is 0 Å². The molecule has 0 bridgehead atoms. The molecule has 0 atom stereocenters. The molecule has 0 unspecified atom stereocenters. The van der Waals surface area contributed by atoms with Crippen molar-refractivity contribution in [3.8, 4) is 0 Å². The summed E-state index contributed by atoms with van der Waals surface area (Å²) in [7, 11) is 2.06. The first-order valence-corrected chi connectivity index (χ1v) is 16.0. The summed E-state index contributed by atoms with van der Waals surface area (Å²) in [5, 5.41) is 0. The van der Waals surface area contributed by atoms with E-state index in [0.29, 0.717) is 0 Å².